The van der Waals surface area contributed by atoms with Gasteiger partial charge in [-0.05, 0) is 30.2 Å². The third kappa shape index (κ3) is 1.81. The number of nitrogens with zero attached hydrogens (tertiary/aromatic N) is 3. The van der Waals surface area contributed by atoms with E-state index in [1.54, 1.807) is 6.20 Å². The molecule has 2 heterocycles. The normalized spacial score (nSPS) is 11.1. The maximum absolute atomic E-state index is 5.78. The van der Waals surface area contributed by atoms with Crippen molar-refractivity contribution in [3.8, 4) is 11.5 Å². The first-order valence-electron chi connectivity index (χ1n) is 6.28. The average Bonchev–Trinajstić information content (AvgIpc) is 2.77. The van der Waals surface area contributed by atoms with Crippen molar-refractivity contribution in [1.29, 1.82) is 0 Å². The summed E-state index contributed by atoms with van der Waals surface area (Å²) in [4.78, 5) is 9.18. The van der Waals surface area contributed by atoms with E-state index in [1.165, 1.54) is 0 Å². The summed E-state index contributed by atoms with van der Waals surface area (Å²) in [5.41, 5.74) is 10.9. The summed E-state index contributed by atoms with van der Waals surface area (Å²) >= 11 is 0. The highest BCUT2D eigenvalue weighted by molar-refractivity contribution is 5.83. The monoisotopic (exact) mass is 252 g/mol. The third-order valence-corrected chi connectivity index (χ3v) is 3.44. The van der Waals surface area contributed by atoms with E-state index in [0.717, 1.165) is 33.7 Å². The van der Waals surface area contributed by atoms with Crippen LogP contribution in [0.25, 0.3) is 22.6 Å². The first-order valence-corrected chi connectivity index (χ1v) is 6.28. The molecule has 0 atom stereocenters. The predicted molar refractivity (Wildman–Crippen MR) is 76.6 cm³/mol. The summed E-state index contributed by atoms with van der Waals surface area (Å²) in [6.07, 6.45) is 1.80. The zero-order chi connectivity index (χ0) is 13.4. The molecule has 0 saturated heterocycles. The van der Waals surface area contributed by atoms with E-state index in [1.807, 2.05) is 38.2 Å². The standard InChI is InChI=1S/C15H16N4/c1-10-5-4-8-17-13(10)15-18-14-11(9-16)6-3-7-12(14)19(15)2/h3-8H,9,16H2,1-2H3. The largest absolute Gasteiger partial charge is 0.326 e. The van der Waals surface area contributed by atoms with Crippen molar-refractivity contribution in [3.05, 3.63) is 47.7 Å². The highest BCUT2D eigenvalue weighted by Crippen LogP contribution is 2.26. The summed E-state index contributed by atoms with van der Waals surface area (Å²) < 4.78 is 2.07. The molecule has 4 nitrogen and oxygen atoms in total. The molecule has 0 aliphatic carbocycles. The van der Waals surface area contributed by atoms with E-state index >= 15 is 0 Å². The molecule has 3 rings (SSSR count). The Kier molecular flexibility index (Phi) is 2.80. The lowest BCUT2D eigenvalue weighted by Crippen LogP contribution is -1.97. The van der Waals surface area contributed by atoms with Crippen LogP contribution in [0, 0.1) is 6.92 Å². The van der Waals surface area contributed by atoms with E-state index in [4.69, 9.17) is 10.7 Å². The van der Waals surface area contributed by atoms with Gasteiger partial charge in [0.15, 0.2) is 5.82 Å². The van der Waals surface area contributed by atoms with Crippen LogP contribution in [0.3, 0.4) is 0 Å². The number of para-hydroxylation sites is 1. The molecule has 0 bridgehead atoms. The molecule has 0 fully saturated rings. The quantitative estimate of drug-likeness (QED) is 0.762. The number of aryl methyl sites for hydroxylation is 2. The minimum Gasteiger partial charge on any atom is -0.326 e. The molecule has 2 aromatic heterocycles. The second-order valence-electron chi connectivity index (χ2n) is 4.65. The molecule has 0 radical (unpaired) electrons. The molecule has 0 aliphatic rings. The van der Waals surface area contributed by atoms with Crippen LogP contribution >= 0.6 is 0 Å². The Morgan fingerprint density at radius 1 is 1.21 bits per heavy atom. The second-order valence-corrected chi connectivity index (χ2v) is 4.65. The number of pyridine rings is 1. The van der Waals surface area contributed by atoms with Crippen molar-refractivity contribution in [2.24, 2.45) is 12.8 Å². The summed E-state index contributed by atoms with van der Waals surface area (Å²) in [6.45, 7) is 2.54. The maximum atomic E-state index is 5.78. The second kappa shape index (κ2) is 4.48. The zero-order valence-corrected chi connectivity index (χ0v) is 11.1. The summed E-state index contributed by atoms with van der Waals surface area (Å²) in [7, 11) is 2.01. The highest BCUT2D eigenvalue weighted by atomic mass is 15.1. The molecular formula is C15H16N4. The Bertz CT molecular complexity index is 743. The molecule has 19 heavy (non-hydrogen) atoms. The topological polar surface area (TPSA) is 56.7 Å². The van der Waals surface area contributed by atoms with E-state index in [-0.39, 0.29) is 0 Å². The fourth-order valence-corrected chi connectivity index (χ4v) is 2.37. The molecule has 0 unspecified atom stereocenters. The van der Waals surface area contributed by atoms with E-state index in [9.17, 15) is 0 Å². The molecular weight excluding hydrogens is 236 g/mol. The van der Waals surface area contributed by atoms with Gasteiger partial charge >= 0.3 is 0 Å². The first-order chi connectivity index (χ1) is 9.22. The van der Waals surface area contributed by atoms with Crippen molar-refractivity contribution in [3.63, 3.8) is 0 Å². The molecule has 0 aliphatic heterocycles. The third-order valence-electron chi connectivity index (χ3n) is 3.44. The Morgan fingerprint density at radius 2 is 2.05 bits per heavy atom. The van der Waals surface area contributed by atoms with E-state index in [0.29, 0.717) is 6.54 Å². The van der Waals surface area contributed by atoms with Crippen LogP contribution in [0.2, 0.25) is 0 Å². The number of imidazole rings is 1. The molecule has 2 N–H and O–H groups in total. The Balaban J connectivity index is 2.32. The van der Waals surface area contributed by atoms with Crippen molar-refractivity contribution in [1.82, 2.24) is 14.5 Å². The van der Waals surface area contributed by atoms with Crippen LogP contribution < -0.4 is 5.73 Å². The van der Waals surface area contributed by atoms with Crippen molar-refractivity contribution < 1.29 is 0 Å². The van der Waals surface area contributed by atoms with E-state index in [2.05, 4.69) is 15.6 Å². The van der Waals surface area contributed by atoms with Crippen LogP contribution in [0.1, 0.15) is 11.1 Å². The van der Waals surface area contributed by atoms with Crippen molar-refractivity contribution in [2.45, 2.75) is 13.5 Å². The SMILES string of the molecule is Cc1cccnc1-c1nc2c(CN)cccc2n1C. The fraction of sp³-hybridized carbons (Fsp3) is 0.200. The Morgan fingerprint density at radius 3 is 2.79 bits per heavy atom. The number of fused-ring (bicyclic) bond motifs is 1. The predicted octanol–water partition coefficient (Wildman–Crippen LogP) is 2.40. The van der Waals surface area contributed by atoms with Crippen LogP contribution in [0.5, 0.6) is 0 Å². The molecule has 0 spiro atoms. The molecule has 3 aromatic rings. The number of hydrogen-bond acceptors (Lipinski definition) is 3. The smallest absolute Gasteiger partial charge is 0.159 e. The minimum absolute atomic E-state index is 0.495. The number of nitrogens with two attached hydrogens (primary N) is 1. The van der Waals surface area contributed by atoms with Crippen molar-refractivity contribution >= 4 is 11.0 Å². The van der Waals surface area contributed by atoms with Gasteiger partial charge in [0.05, 0.1) is 11.0 Å². The van der Waals surface area contributed by atoms with Crippen LogP contribution in [0.4, 0.5) is 0 Å². The van der Waals surface area contributed by atoms with Gasteiger partial charge in [-0.15, -0.1) is 0 Å². The van der Waals surface area contributed by atoms with Gasteiger partial charge in [0.25, 0.3) is 0 Å². The average molecular weight is 252 g/mol. The van der Waals surface area contributed by atoms with Gasteiger partial charge in [0, 0.05) is 19.8 Å². The summed E-state index contributed by atoms with van der Waals surface area (Å²) in [5, 5.41) is 0. The summed E-state index contributed by atoms with van der Waals surface area (Å²) in [5.74, 6) is 0.883. The lowest BCUT2D eigenvalue weighted by molar-refractivity contribution is 0.947. The zero-order valence-electron chi connectivity index (χ0n) is 11.1. The molecule has 1 aromatic carbocycles. The van der Waals surface area contributed by atoms with Gasteiger partial charge in [0.1, 0.15) is 5.69 Å². The highest BCUT2D eigenvalue weighted by Gasteiger charge is 2.14. The van der Waals surface area contributed by atoms with Gasteiger partial charge in [-0.1, -0.05) is 18.2 Å². The molecule has 0 amide bonds. The van der Waals surface area contributed by atoms with Crippen LogP contribution in [-0.2, 0) is 13.6 Å². The van der Waals surface area contributed by atoms with Gasteiger partial charge in [0.2, 0.25) is 0 Å². The van der Waals surface area contributed by atoms with E-state index < -0.39 is 0 Å². The Labute approximate surface area is 111 Å². The van der Waals surface area contributed by atoms with Gasteiger partial charge in [-0.25, -0.2) is 4.98 Å². The van der Waals surface area contributed by atoms with Gasteiger partial charge in [-0.3, -0.25) is 4.98 Å². The maximum Gasteiger partial charge on any atom is 0.159 e. The van der Waals surface area contributed by atoms with Crippen LogP contribution in [-0.4, -0.2) is 14.5 Å². The Hall–Kier alpha value is -2.20. The van der Waals surface area contributed by atoms with Gasteiger partial charge < -0.3 is 10.3 Å². The lowest BCUT2D eigenvalue weighted by atomic mass is 10.2. The summed E-state index contributed by atoms with van der Waals surface area (Å²) in [6, 6.07) is 10.1. The number of hydrogen-bond donors (Lipinski definition) is 1. The lowest BCUT2D eigenvalue weighted by Gasteiger charge is -2.04. The van der Waals surface area contributed by atoms with Crippen molar-refractivity contribution in [2.75, 3.05) is 0 Å². The minimum atomic E-state index is 0.495. The number of benzene rings is 1. The fourth-order valence-electron chi connectivity index (χ4n) is 2.37. The molecule has 0 saturated carbocycles. The number of rotatable bonds is 2. The van der Waals surface area contributed by atoms with Crippen LogP contribution in [0.15, 0.2) is 36.5 Å². The molecule has 96 valence electrons. The first kappa shape index (κ1) is 11.9. The van der Waals surface area contributed by atoms with Gasteiger partial charge in [-0.2, -0.15) is 0 Å². The molecule has 4 heteroatoms. The number of aromatic nitrogens is 3.